The van der Waals surface area contributed by atoms with Crippen molar-refractivity contribution >= 4 is 17.7 Å². The van der Waals surface area contributed by atoms with Gasteiger partial charge in [-0.25, -0.2) is 0 Å². The largest absolute Gasteiger partial charge is 0.494 e. The molecule has 0 saturated heterocycles. The minimum absolute atomic E-state index is 0.240. The highest BCUT2D eigenvalue weighted by Crippen LogP contribution is 2.38. The van der Waals surface area contributed by atoms with Gasteiger partial charge in [0.25, 0.3) is 0 Å². The molecule has 2 aromatic rings. The van der Waals surface area contributed by atoms with Crippen LogP contribution in [0.2, 0.25) is 0 Å². The van der Waals surface area contributed by atoms with Crippen molar-refractivity contribution in [3.8, 4) is 23.0 Å². The number of rotatable bonds is 11. The standard InChI is InChI=1S/C23H29NO5/c1-5-6-7-14-29-19-11-9-18(10-12-19)24-22(25)13-8-17-15-20(26-2)23(28-4)21(16-17)27-3/h8-13,15-16H,5-7,14H2,1-4H3,(H,24,25). The lowest BCUT2D eigenvalue weighted by Crippen LogP contribution is -2.07. The highest BCUT2D eigenvalue weighted by Gasteiger charge is 2.12. The summed E-state index contributed by atoms with van der Waals surface area (Å²) in [6.45, 7) is 2.87. The SMILES string of the molecule is CCCCCOc1ccc(NC(=O)C=Cc2cc(OC)c(OC)c(OC)c2)cc1. The normalized spacial score (nSPS) is 10.6. The molecule has 0 aliphatic heterocycles. The second kappa shape index (κ2) is 11.6. The molecule has 0 spiro atoms. The highest BCUT2D eigenvalue weighted by atomic mass is 16.5. The molecule has 0 bridgehead atoms. The van der Waals surface area contributed by atoms with Gasteiger partial charge in [0.05, 0.1) is 27.9 Å². The Morgan fingerprint density at radius 3 is 2.17 bits per heavy atom. The van der Waals surface area contributed by atoms with Gasteiger partial charge in [0.15, 0.2) is 11.5 Å². The van der Waals surface area contributed by atoms with E-state index in [-0.39, 0.29) is 5.91 Å². The molecule has 0 aliphatic carbocycles. The molecule has 156 valence electrons. The molecule has 0 unspecified atom stereocenters. The summed E-state index contributed by atoms with van der Waals surface area (Å²) in [5, 5.41) is 2.83. The van der Waals surface area contributed by atoms with Crippen molar-refractivity contribution in [2.24, 2.45) is 0 Å². The van der Waals surface area contributed by atoms with Crippen LogP contribution >= 0.6 is 0 Å². The van der Waals surface area contributed by atoms with E-state index in [2.05, 4.69) is 12.2 Å². The van der Waals surface area contributed by atoms with Gasteiger partial charge in [-0.3, -0.25) is 4.79 Å². The molecule has 1 N–H and O–H groups in total. The van der Waals surface area contributed by atoms with Crippen LogP contribution in [0.3, 0.4) is 0 Å². The Bertz CT molecular complexity index is 790. The van der Waals surface area contributed by atoms with Gasteiger partial charge in [-0.15, -0.1) is 0 Å². The quantitative estimate of drug-likeness (QED) is 0.429. The highest BCUT2D eigenvalue weighted by molar-refractivity contribution is 6.02. The van der Waals surface area contributed by atoms with Crippen molar-refractivity contribution in [3.63, 3.8) is 0 Å². The first-order valence-corrected chi connectivity index (χ1v) is 9.63. The number of ether oxygens (including phenoxy) is 4. The summed E-state index contributed by atoms with van der Waals surface area (Å²) in [7, 11) is 4.65. The molecule has 2 aromatic carbocycles. The Morgan fingerprint density at radius 1 is 0.966 bits per heavy atom. The number of benzene rings is 2. The van der Waals surface area contributed by atoms with Crippen LogP contribution in [-0.4, -0.2) is 33.8 Å². The van der Waals surface area contributed by atoms with E-state index in [1.54, 1.807) is 39.5 Å². The smallest absolute Gasteiger partial charge is 0.248 e. The average Bonchev–Trinajstić information content (AvgIpc) is 2.75. The summed E-state index contributed by atoms with van der Waals surface area (Å²) in [4.78, 5) is 12.2. The molecule has 1 amide bonds. The molecule has 6 nitrogen and oxygen atoms in total. The maximum atomic E-state index is 12.2. The minimum atomic E-state index is -0.240. The van der Waals surface area contributed by atoms with Gasteiger partial charge in [-0.2, -0.15) is 0 Å². The van der Waals surface area contributed by atoms with Gasteiger partial charge in [0.1, 0.15) is 5.75 Å². The third-order valence-corrected chi connectivity index (χ3v) is 4.25. The van der Waals surface area contributed by atoms with Crippen molar-refractivity contribution in [2.75, 3.05) is 33.3 Å². The zero-order chi connectivity index (χ0) is 21.1. The fourth-order valence-corrected chi connectivity index (χ4v) is 2.73. The van der Waals surface area contributed by atoms with Gasteiger partial charge in [-0.05, 0) is 54.5 Å². The number of unbranched alkanes of at least 4 members (excludes halogenated alkanes) is 2. The molecule has 0 atom stereocenters. The Kier molecular flexibility index (Phi) is 8.89. The predicted molar refractivity (Wildman–Crippen MR) is 115 cm³/mol. The van der Waals surface area contributed by atoms with E-state index >= 15 is 0 Å². The summed E-state index contributed by atoms with van der Waals surface area (Å²) < 4.78 is 21.6. The van der Waals surface area contributed by atoms with E-state index in [0.29, 0.717) is 29.5 Å². The van der Waals surface area contributed by atoms with Crippen LogP contribution in [0.5, 0.6) is 23.0 Å². The molecule has 0 radical (unpaired) electrons. The molecule has 2 rings (SSSR count). The summed E-state index contributed by atoms with van der Waals surface area (Å²) in [5.74, 6) is 2.12. The van der Waals surface area contributed by atoms with Crippen molar-refractivity contribution in [3.05, 3.63) is 48.0 Å². The first-order chi connectivity index (χ1) is 14.1. The summed E-state index contributed by atoms with van der Waals surface area (Å²) >= 11 is 0. The van der Waals surface area contributed by atoms with Crippen molar-refractivity contribution in [1.29, 1.82) is 0 Å². The Morgan fingerprint density at radius 2 is 1.62 bits per heavy atom. The number of hydrogen-bond acceptors (Lipinski definition) is 5. The number of anilines is 1. The molecule has 0 aromatic heterocycles. The number of carbonyl (C=O) groups excluding carboxylic acids is 1. The Labute approximate surface area is 172 Å². The molecule has 0 fully saturated rings. The van der Waals surface area contributed by atoms with Crippen LogP contribution in [0.1, 0.15) is 31.7 Å². The van der Waals surface area contributed by atoms with Crippen LogP contribution < -0.4 is 24.3 Å². The van der Waals surface area contributed by atoms with Gasteiger partial charge < -0.3 is 24.3 Å². The number of methoxy groups -OCH3 is 3. The number of amides is 1. The van der Waals surface area contributed by atoms with Gasteiger partial charge >= 0.3 is 0 Å². The molecule has 29 heavy (non-hydrogen) atoms. The van der Waals surface area contributed by atoms with Crippen molar-refractivity contribution in [1.82, 2.24) is 0 Å². The maximum Gasteiger partial charge on any atom is 0.248 e. The maximum absolute atomic E-state index is 12.2. The van der Waals surface area contributed by atoms with E-state index in [0.717, 1.165) is 30.6 Å². The van der Waals surface area contributed by atoms with Crippen molar-refractivity contribution in [2.45, 2.75) is 26.2 Å². The number of hydrogen-bond donors (Lipinski definition) is 1. The molecule has 0 heterocycles. The fraction of sp³-hybridized carbons (Fsp3) is 0.348. The lowest BCUT2D eigenvalue weighted by atomic mass is 10.1. The molecule has 6 heteroatoms. The average molecular weight is 399 g/mol. The van der Waals surface area contributed by atoms with Gasteiger partial charge in [0, 0.05) is 11.8 Å². The third kappa shape index (κ3) is 6.75. The number of carbonyl (C=O) groups is 1. The minimum Gasteiger partial charge on any atom is -0.494 e. The summed E-state index contributed by atoms with van der Waals surface area (Å²) in [6, 6.07) is 10.9. The van der Waals surface area contributed by atoms with E-state index in [9.17, 15) is 4.79 Å². The van der Waals surface area contributed by atoms with E-state index in [1.807, 2.05) is 24.3 Å². The lowest BCUT2D eigenvalue weighted by molar-refractivity contribution is -0.111. The van der Waals surface area contributed by atoms with E-state index < -0.39 is 0 Å². The van der Waals surface area contributed by atoms with Crippen LogP contribution in [0.25, 0.3) is 6.08 Å². The zero-order valence-electron chi connectivity index (χ0n) is 17.5. The van der Waals surface area contributed by atoms with Crippen LogP contribution in [0.4, 0.5) is 5.69 Å². The van der Waals surface area contributed by atoms with E-state index in [4.69, 9.17) is 18.9 Å². The lowest BCUT2D eigenvalue weighted by Gasteiger charge is -2.12. The number of nitrogens with one attached hydrogen (secondary N) is 1. The van der Waals surface area contributed by atoms with Crippen LogP contribution in [-0.2, 0) is 4.79 Å². The molecular formula is C23H29NO5. The molecule has 0 saturated carbocycles. The summed E-state index contributed by atoms with van der Waals surface area (Å²) in [5.41, 5.74) is 1.45. The second-order valence-corrected chi connectivity index (χ2v) is 6.36. The topological polar surface area (TPSA) is 66.0 Å². The van der Waals surface area contributed by atoms with E-state index in [1.165, 1.54) is 6.08 Å². The molecular weight excluding hydrogens is 370 g/mol. The van der Waals surface area contributed by atoms with Gasteiger partial charge in [0.2, 0.25) is 11.7 Å². The second-order valence-electron chi connectivity index (χ2n) is 6.36. The van der Waals surface area contributed by atoms with Gasteiger partial charge in [-0.1, -0.05) is 19.8 Å². The van der Waals surface area contributed by atoms with Crippen molar-refractivity contribution < 1.29 is 23.7 Å². The fourth-order valence-electron chi connectivity index (χ4n) is 2.73. The van der Waals surface area contributed by atoms with Crippen LogP contribution in [0.15, 0.2) is 42.5 Å². The van der Waals surface area contributed by atoms with Crippen LogP contribution in [0, 0.1) is 0 Å². The molecule has 0 aliphatic rings. The third-order valence-electron chi connectivity index (χ3n) is 4.25. The monoisotopic (exact) mass is 399 g/mol. The Hall–Kier alpha value is -3.15. The summed E-state index contributed by atoms with van der Waals surface area (Å²) in [6.07, 6.45) is 6.51. The first kappa shape index (κ1) is 22.1. The predicted octanol–water partition coefficient (Wildman–Crippen LogP) is 4.93. The first-order valence-electron chi connectivity index (χ1n) is 9.63. The zero-order valence-corrected chi connectivity index (χ0v) is 17.5. The Balaban J connectivity index is 1.97.